The summed E-state index contributed by atoms with van der Waals surface area (Å²) in [6, 6.07) is 7.33. The third-order valence-corrected chi connectivity index (χ3v) is 1.75. The van der Waals surface area contributed by atoms with Crippen LogP contribution in [0.15, 0.2) is 30.3 Å². The van der Waals surface area contributed by atoms with Crippen LogP contribution in [0, 0.1) is 10.1 Å². The van der Waals surface area contributed by atoms with Crippen molar-refractivity contribution >= 4 is 0 Å². The molecular weight excluding hydrogens is 186 g/mol. The van der Waals surface area contributed by atoms with Gasteiger partial charge in [0.2, 0.25) is 0 Å². The molecule has 5 heteroatoms. The maximum Gasteiger partial charge on any atom is 0.271 e. The minimum atomic E-state index is -1.42. The molecule has 0 radical (unpaired) electrons. The normalized spacial score (nSPS) is 14.4. The molecule has 1 aromatic rings. The SMILES string of the molecule is CC(C(O)Oc1ccccc1)[N+](=O)[O-]. The van der Waals surface area contributed by atoms with Gasteiger partial charge in [0.25, 0.3) is 12.3 Å². The minimum Gasteiger partial charge on any atom is -0.458 e. The molecule has 1 N–H and O–H groups in total. The van der Waals surface area contributed by atoms with Crippen LogP contribution in [0.25, 0.3) is 0 Å². The number of nitro groups is 1. The third kappa shape index (κ3) is 2.70. The Balaban J connectivity index is 2.57. The van der Waals surface area contributed by atoms with Gasteiger partial charge in [-0.1, -0.05) is 18.2 Å². The predicted octanol–water partition coefficient (Wildman–Crippen LogP) is 1.05. The molecule has 0 aliphatic carbocycles. The lowest BCUT2D eigenvalue weighted by Gasteiger charge is -2.13. The van der Waals surface area contributed by atoms with Crippen molar-refractivity contribution in [3.8, 4) is 5.75 Å². The van der Waals surface area contributed by atoms with Crippen molar-refractivity contribution in [2.75, 3.05) is 0 Å². The van der Waals surface area contributed by atoms with Gasteiger partial charge < -0.3 is 9.84 Å². The molecule has 0 aliphatic heterocycles. The summed E-state index contributed by atoms with van der Waals surface area (Å²) in [5.41, 5.74) is 0. The molecular formula is C9H11NO4. The first-order valence-corrected chi connectivity index (χ1v) is 4.14. The number of ether oxygens (including phenoxy) is 1. The lowest BCUT2D eigenvalue weighted by atomic mass is 10.3. The first-order chi connectivity index (χ1) is 6.61. The maximum atomic E-state index is 10.3. The summed E-state index contributed by atoms with van der Waals surface area (Å²) < 4.78 is 4.95. The molecule has 5 nitrogen and oxygen atoms in total. The van der Waals surface area contributed by atoms with Gasteiger partial charge in [0.05, 0.1) is 0 Å². The Bertz CT molecular complexity index is 301. The van der Waals surface area contributed by atoms with E-state index >= 15 is 0 Å². The van der Waals surface area contributed by atoms with E-state index in [4.69, 9.17) is 4.74 Å². The minimum absolute atomic E-state index is 0.411. The van der Waals surface area contributed by atoms with E-state index in [9.17, 15) is 15.2 Å². The average Bonchev–Trinajstić information content (AvgIpc) is 2.18. The molecule has 76 valence electrons. The summed E-state index contributed by atoms with van der Waals surface area (Å²) in [6.45, 7) is 1.29. The van der Waals surface area contributed by atoms with Crippen LogP contribution < -0.4 is 4.74 Å². The van der Waals surface area contributed by atoms with Gasteiger partial charge >= 0.3 is 0 Å². The van der Waals surface area contributed by atoms with E-state index in [-0.39, 0.29) is 0 Å². The summed E-state index contributed by atoms with van der Waals surface area (Å²) in [5, 5.41) is 19.6. The van der Waals surface area contributed by atoms with Crippen LogP contribution in [0.4, 0.5) is 0 Å². The molecule has 2 atom stereocenters. The second-order valence-electron chi connectivity index (χ2n) is 2.85. The van der Waals surface area contributed by atoms with E-state index in [1.165, 1.54) is 6.92 Å². The molecule has 2 unspecified atom stereocenters. The number of benzene rings is 1. The number of hydrogen-bond acceptors (Lipinski definition) is 4. The second kappa shape index (κ2) is 4.57. The lowest BCUT2D eigenvalue weighted by Crippen LogP contribution is -2.35. The summed E-state index contributed by atoms with van der Waals surface area (Å²) in [6.07, 6.45) is -1.42. The topological polar surface area (TPSA) is 72.6 Å². The van der Waals surface area contributed by atoms with Gasteiger partial charge in [-0.2, -0.15) is 0 Å². The zero-order valence-corrected chi connectivity index (χ0v) is 7.66. The Hall–Kier alpha value is -1.62. The summed E-state index contributed by atoms with van der Waals surface area (Å²) in [5.74, 6) is 0.411. The monoisotopic (exact) mass is 197 g/mol. The Morgan fingerprint density at radius 2 is 2.00 bits per heavy atom. The predicted molar refractivity (Wildman–Crippen MR) is 49.5 cm³/mol. The first-order valence-electron chi connectivity index (χ1n) is 4.14. The van der Waals surface area contributed by atoms with Gasteiger partial charge in [0.1, 0.15) is 5.75 Å². The van der Waals surface area contributed by atoms with Gasteiger partial charge in [-0.05, 0) is 12.1 Å². The van der Waals surface area contributed by atoms with E-state index in [2.05, 4.69) is 0 Å². The van der Waals surface area contributed by atoms with Gasteiger partial charge in [-0.25, -0.2) is 0 Å². The quantitative estimate of drug-likeness (QED) is 0.445. The van der Waals surface area contributed by atoms with Crippen molar-refractivity contribution in [2.45, 2.75) is 19.3 Å². The molecule has 0 spiro atoms. The third-order valence-electron chi connectivity index (χ3n) is 1.75. The standard InChI is InChI=1S/C9H11NO4/c1-7(10(12)13)9(11)14-8-5-3-2-4-6-8/h2-7,9,11H,1H3. The Kier molecular flexibility index (Phi) is 3.41. The average molecular weight is 197 g/mol. The van der Waals surface area contributed by atoms with Crippen molar-refractivity contribution in [1.82, 2.24) is 0 Å². The van der Waals surface area contributed by atoms with E-state index in [1.807, 2.05) is 0 Å². The van der Waals surface area contributed by atoms with Crippen molar-refractivity contribution in [1.29, 1.82) is 0 Å². The fourth-order valence-electron chi connectivity index (χ4n) is 0.841. The van der Waals surface area contributed by atoms with Gasteiger partial charge in [-0.15, -0.1) is 0 Å². The van der Waals surface area contributed by atoms with Gasteiger partial charge in [0, 0.05) is 11.8 Å². The fourth-order valence-corrected chi connectivity index (χ4v) is 0.841. The number of rotatable bonds is 4. The van der Waals surface area contributed by atoms with Crippen LogP contribution in [0.2, 0.25) is 0 Å². The van der Waals surface area contributed by atoms with Crippen molar-refractivity contribution in [3.05, 3.63) is 40.4 Å². The number of aliphatic hydroxyl groups excluding tert-OH is 1. The fraction of sp³-hybridized carbons (Fsp3) is 0.333. The van der Waals surface area contributed by atoms with E-state index < -0.39 is 17.3 Å². The number of para-hydroxylation sites is 1. The van der Waals surface area contributed by atoms with Crippen molar-refractivity contribution in [3.63, 3.8) is 0 Å². The summed E-state index contributed by atoms with van der Waals surface area (Å²) >= 11 is 0. The van der Waals surface area contributed by atoms with Crippen molar-refractivity contribution in [2.24, 2.45) is 0 Å². The smallest absolute Gasteiger partial charge is 0.271 e. The molecule has 0 aliphatic rings. The number of hydrogen-bond donors (Lipinski definition) is 1. The lowest BCUT2D eigenvalue weighted by molar-refractivity contribution is -0.539. The second-order valence-corrected chi connectivity index (χ2v) is 2.85. The van der Waals surface area contributed by atoms with Crippen LogP contribution in [0.1, 0.15) is 6.92 Å². The highest BCUT2D eigenvalue weighted by Crippen LogP contribution is 2.11. The Morgan fingerprint density at radius 1 is 1.43 bits per heavy atom. The van der Waals surface area contributed by atoms with E-state index in [0.717, 1.165) is 0 Å². The highest BCUT2D eigenvalue weighted by atomic mass is 16.7. The molecule has 0 heterocycles. The highest BCUT2D eigenvalue weighted by molar-refractivity contribution is 5.21. The summed E-state index contributed by atoms with van der Waals surface area (Å²) in [7, 11) is 0. The zero-order valence-electron chi connectivity index (χ0n) is 7.66. The van der Waals surface area contributed by atoms with Crippen LogP contribution in [0.3, 0.4) is 0 Å². The number of nitrogens with zero attached hydrogens (tertiary/aromatic N) is 1. The molecule has 1 rings (SSSR count). The molecule has 0 aromatic heterocycles. The molecule has 0 amide bonds. The molecule has 0 saturated heterocycles. The van der Waals surface area contributed by atoms with Crippen molar-refractivity contribution < 1.29 is 14.8 Å². The first kappa shape index (κ1) is 10.5. The maximum absolute atomic E-state index is 10.3. The number of aliphatic hydroxyl groups is 1. The van der Waals surface area contributed by atoms with Crippen LogP contribution in [-0.4, -0.2) is 22.4 Å². The Morgan fingerprint density at radius 3 is 2.50 bits per heavy atom. The largest absolute Gasteiger partial charge is 0.458 e. The van der Waals surface area contributed by atoms with Gasteiger partial charge in [-0.3, -0.25) is 10.1 Å². The molecule has 0 bridgehead atoms. The molecule has 14 heavy (non-hydrogen) atoms. The molecule has 0 fully saturated rings. The molecule has 0 saturated carbocycles. The highest BCUT2D eigenvalue weighted by Gasteiger charge is 2.25. The molecule has 1 aromatic carbocycles. The van der Waals surface area contributed by atoms with Crippen LogP contribution in [-0.2, 0) is 0 Å². The summed E-state index contributed by atoms with van der Waals surface area (Å²) in [4.78, 5) is 9.71. The van der Waals surface area contributed by atoms with E-state index in [0.29, 0.717) is 5.75 Å². The van der Waals surface area contributed by atoms with Crippen LogP contribution >= 0.6 is 0 Å². The Labute approximate surface area is 81.1 Å². The van der Waals surface area contributed by atoms with E-state index in [1.54, 1.807) is 30.3 Å². The zero-order chi connectivity index (χ0) is 10.6. The van der Waals surface area contributed by atoms with Gasteiger partial charge in [0.15, 0.2) is 0 Å². The van der Waals surface area contributed by atoms with Crippen LogP contribution in [0.5, 0.6) is 5.75 Å².